The summed E-state index contributed by atoms with van der Waals surface area (Å²) >= 11 is 0. The average Bonchev–Trinajstić information content (AvgIpc) is 2.28. The lowest BCUT2D eigenvalue weighted by molar-refractivity contribution is 0.0641. The first-order valence-electron chi connectivity index (χ1n) is 5.25. The van der Waals surface area contributed by atoms with E-state index in [9.17, 15) is 4.79 Å². The zero-order valence-electron chi connectivity index (χ0n) is 9.73. The van der Waals surface area contributed by atoms with Crippen LogP contribution < -0.4 is 0 Å². The minimum Gasteiger partial charge on any atom is -0.382 e. The number of rotatable bonds is 7. The largest absolute Gasteiger partial charge is 0.382 e. The highest BCUT2D eigenvalue weighted by atomic mass is 16.5. The van der Waals surface area contributed by atoms with Gasteiger partial charge in [0.2, 0.25) is 0 Å². The molecule has 0 fully saturated rings. The number of nitrogens with zero attached hydrogens (tertiary/aromatic N) is 1. The molecule has 1 aromatic rings. The monoisotopic (exact) mass is 223 g/mol. The highest BCUT2D eigenvalue weighted by molar-refractivity contribution is 5.95. The van der Waals surface area contributed by atoms with Crippen molar-refractivity contribution in [2.24, 2.45) is 0 Å². The van der Waals surface area contributed by atoms with E-state index in [1.165, 1.54) is 0 Å². The molecule has 1 heterocycles. The summed E-state index contributed by atoms with van der Waals surface area (Å²) in [7, 11) is 1.62. The number of hydrogen-bond acceptors (Lipinski definition) is 4. The molecule has 0 aliphatic heterocycles. The summed E-state index contributed by atoms with van der Waals surface area (Å²) < 4.78 is 10.1. The Balaban J connectivity index is 2.30. The zero-order valence-corrected chi connectivity index (χ0v) is 9.73. The molecule has 0 saturated carbocycles. The summed E-state index contributed by atoms with van der Waals surface area (Å²) in [4.78, 5) is 15.7. The Labute approximate surface area is 95.6 Å². The average molecular weight is 223 g/mol. The van der Waals surface area contributed by atoms with Crippen molar-refractivity contribution in [2.75, 3.05) is 26.9 Å². The first-order valence-corrected chi connectivity index (χ1v) is 5.25. The van der Waals surface area contributed by atoms with Crippen LogP contribution in [0.2, 0.25) is 0 Å². The number of ether oxygens (including phenoxy) is 2. The second kappa shape index (κ2) is 7.09. The van der Waals surface area contributed by atoms with Gasteiger partial charge in [-0.25, -0.2) is 0 Å². The molecule has 0 bridgehead atoms. The lowest BCUT2D eigenvalue weighted by atomic mass is 10.1. The van der Waals surface area contributed by atoms with Gasteiger partial charge < -0.3 is 9.47 Å². The molecule has 0 unspecified atom stereocenters. The van der Waals surface area contributed by atoms with Crippen LogP contribution in [0.1, 0.15) is 22.3 Å². The molecule has 0 amide bonds. The molecule has 4 nitrogen and oxygen atoms in total. The van der Waals surface area contributed by atoms with Gasteiger partial charge in [-0.1, -0.05) is 0 Å². The zero-order chi connectivity index (χ0) is 11.8. The number of pyridine rings is 1. The number of carbonyl (C=O) groups excluding carboxylic acids is 1. The quantitative estimate of drug-likeness (QED) is 0.520. The van der Waals surface area contributed by atoms with E-state index in [1.807, 2.05) is 13.0 Å². The molecule has 1 rings (SSSR count). The topological polar surface area (TPSA) is 48.4 Å². The van der Waals surface area contributed by atoms with Gasteiger partial charge in [-0.05, 0) is 18.6 Å². The maximum absolute atomic E-state index is 11.7. The van der Waals surface area contributed by atoms with Crippen molar-refractivity contribution in [3.8, 4) is 0 Å². The van der Waals surface area contributed by atoms with Crippen LogP contribution in [0.3, 0.4) is 0 Å². The molecule has 1 aromatic heterocycles. The smallest absolute Gasteiger partial charge is 0.166 e. The van der Waals surface area contributed by atoms with Crippen LogP contribution in [0.25, 0.3) is 0 Å². The minimum atomic E-state index is 0.0635. The molecule has 0 saturated heterocycles. The van der Waals surface area contributed by atoms with Crippen molar-refractivity contribution in [1.29, 1.82) is 0 Å². The van der Waals surface area contributed by atoms with Crippen LogP contribution in [0.15, 0.2) is 18.5 Å². The van der Waals surface area contributed by atoms with E-state index in [0.717, 1.165) is 5.56 Å². The Hall–Kier alpha value is -1.26. The molecule has 0 radical (unpaired) electrons. The Morgan fingerprint density at radius 3 is 2.81 bits per heavy atom. The Morgan fingerprint density at radius 1 is 1.31 bits per heavy atom. The SMILES string of the molecule is COCCOCCC(=O)c1cncc(C)c1. The Bertz CT molecular complexity index is 339. The molecule has 0 aliphatic carbocycles. The van der Waals surface area contributed by atoms with E-state index in [-0.39, 0.29) is 5.78 Å². The second-order valence-electron chi connectivity index (χ2n) is 3.53. The molecule has 16 heavy (non-hydrogen) atoms. The van der Waals surface area contributed by atoms with Gasteiger partial charge in [-0.2, -0.15) is 0 Å². The van der Waals surface area contributed by atoms with E-state index in [1.54, 1.807) is 19.5 Å². The fraction of sp³-hybridized carbons (Fsp3) is 0.500. The van der Waals surface area contributed by atoms with Gasteiger partial charge in [0.15, 0.2) is 5.78 Å². The van der Waals surface area contributed by atoms with Crippen molar-refractivity contribution < 1.29 is 14.3 Å². The van der Waals surface area contributed by atoms with Gasteiger partial charge >= 0.3 is 0 Å². The van der Waals surface area contributed by atoms with Gasteiger partial charge in [0.05, 0.1) is 19.8 Å². The number of hydrogen-bond donors (Lipinski definition) is 0. The molecular formula is C12H17NO3. The molecule has 0 aliphatic rings. The molecule has 0 N–H and O–H groups in total. The number of Topliss-reactive ketones (excluding diaryl/α,β-unsaturated/α-hetero) is 1. The van der Waals surface area contributed by atoms with Crippen molar-refractivity contribution in [1.82, 2.24) is 4.98 Å². The number of ketones is 1. The van der Waals surface area contributed by atoms with E-state index < -0.39 is 0 Å². The van der Waals surface area contributed by atoms with Gasteiger partial charge in [0.1, 0.15) is 0 Å². The predicted molar refractivity (Wildman–Crippen MR) is 60.6 cm³/mol. The fourth-order valence-electron chi connectivity index (χ4n) is 1.26. The van der Waals surface area contributed by atoms with Crippen LogP contribution in [0.4, 0.5) is 0 Å². The van der Waals surface area contributed by atoms with Gasteiger partial charge in [0, 0.05) is 31.5 Å². The number of aromatic nitrogens is 1. The van der Waals surface area contributed by atoms with Crippen LogP contribution in [-0.2, 0) is 9.47 Å². The predicted octanol–water partition coefficient (Wildman–Crippen LogP) is 1.63. The summed E-state index contributed by atoms with van der Waals surface area (Å²) in [6, 6.07) is 1.84. The van der Waals surface area contributed by atoms with Crippen LogP contribution in [0.5, 0.6) is 0 Å². The third kappa shape index (κ3) is 4.51. The van der Waals surface area contributed by atoms with Gasteiger partial charge in [-0.15, -0.1) is 0 Å². The first kappa shape index (κ1) is 12.8. The van der Waals surface area contributed by atoms with Crippen LogP contribution >= 0.6 is 0 Å². The van der Waals surface area contributed by atoms with E-state index in [2.05, 4.69) is 4.98 Å². The highest BCUT2D eigenvalue weighted by Gasteiger charge is 2.05. The molecular weight excluding hydrogens is 206 g/mol. The van der Waals surface area contributed by atoms with Crippen molar-refractivity contribution in [3.05, 3.63) is 29.6 Å². The number of aryl methyl sites for hydroxylation is 1. The molecule has 4 heteroatoms. The molecule has 0 aromatic carbocycles. The summed E-state index contributed by atoms with van der Waals surface area (Å²) in [6.45, 7) is 3.42. The molecule has 0 atom stereocenters. The van der Waals surface area contributed by atoms with E-state index >= 15 is 0 Å². The lowest BCUT2D eigenvalue weighted by Crippen LogP contribution is -2.08. The minimum absolute atomic E-state index is 0.0635. The van der Waals surface area contributed by atoms with Gasteiger partial charge in [-0.3, -0.25) is 9.78 Å². The van der Waals surface area contributed by atoms with Crippen LogP contribution in [-0.4, -0.2) is 37.7 Å². The first-order chi connectivity index (χ1) is 7.74. The normalized spacial score (nSPS) is 10.4. The van der Waals surface area contributed by atoms with E-state index in [0.29, 0.717) is 31.8 Å². The maximum Gasteiger partial charge on any atom is 0.166 e. The summed E-state index contributed by atoms with van der Waals surface area (Å²) in [6.07, 6.45) is 3.70. The maximum atomic E-state index is 11.7. The standard InChI is InChI=1S/C12H17NO3/c1-10-7-11(9-13-8-10)12(14)3-4-16-6-5-15-2/h7-9H,3-6H2,1-2H3. The van der Waals surface area contributed by atoms with Crippen LogP contribution in [0, 0.1) is 6.92 Å². The van der Waals surface area contributed by atoms with Crippen molar-refractivity contribution in [3.63, 3.8) is 0 Å². The summed E-state index contributed by atoms with van der Waals surface area (Å²) in [5.74, 6) is 0.0635. The summed E-state index contributed by atoms with van der Waals surface area (Å²) in [5.41, 5.74) is 1.64. The number of methoxy groups -OCH3 is 1. The Morgan fingerprint density at radius 2 is 2.12 bits per heavy atom. The number of carbonyl (C=O) groups is 1. The van der Waals surface area contributed by atoms with E-state index in [4.69, 9.17) is 9.47 Å². The summed E-state index contributed by atoms with van der Waals surface area (Å²) in [5, 5.41) is 0. The fourth-order valence-corrected chi connectivity index (χ4v) is 1.26. The third-order valence-electron chi connectivity index (χ3n) is 2.10. The molecule has 0 spiro atoms. The Kier molecular flexibility index (Phi) is 5.67. The third-order valence-corrected chi connectivity index (χ3v) is 2.10. The van der Waals surface area contributed by atoms with Crippen molar-refractivity contribution >= 4 is 5.78 Å². The lowest BCUT2D eigenvalue weighted by Gasteiger charge is -2.03. The van der Waals surface area contributed by atoms with Gasteiger partial charge in [0.25, 0.3) is 0 Å². The molecule has 88 valence electrons. The second-order valence-corrected chi connectivity index (χ2v) is 3.53. The highest BCUT2D eigenvalue weighted by Crippen LogP contribution is 2.04. The van der Waals surface area contributed by atoms with Crippen molar-refractivity contribution in [2.45, 2.75) is 13.3 Å².